The Hall–Kier alpha value is -0.940. The molecule has 0 fully saturated rings. The third kappa shape index (κ3) is 3.57. The summed E-state index contributed by atoms with van der Waals surface area (Å²) in [6.07, 6.45) is 2.78. The number of carbonyl (C=O) groups is 1. The van der Waals surface area contributed by atoms with Crippen molar-refractivity contribution in [3.8, 4) is 0 Å². The quantitative estimate of drug-likeness (QED) is 0.830. The van der Waals surface area contributed by atoms with Gasteiger partial charge in [-0.15, -0.1) is 0 Å². The van der Waals surface area contributed by atoms with Gasteiger partial charge < -0.3 is 5.11 Å². The molecule has 0 aromatic carbocycles. The van der Waals surface area contributed by atoms with Gasteiger partial charge >= 0.3 is 5.97 Å². The lowest BCUT2D eigenvalue weighted by molar-refractivity contribution is -0.139. The van der Waals surface area contributed by atoms with E-state index in [4.69, 9.17) is 5.11 Å². The molecule has 0 aliphatic carbocycles. The van der Waals surface area contributed by atoms with Crippen LogP contribution in [0.1, 0.15) is 30.7 Å². The van der Waals surface area contributed by atoms with Gasteiger partial charge in [-0.3, -0.25) is 9.69 Å². The monoisotopic (exact) mass is 242 g/mol. The summed E-state index contributed by atoms with van der Waals surface area (Å²) in [6, 6.07) is 0.276. The number of rotatable bonds is 6. The van der Waals surface area contributed by atoms with E-state index in [9.17, 15) is 4.79 Å². The Balaban J connectivity index is 2.70. The first-order chi connectivity index (χ1) is 7.54. The molecule has 0 amide bonds. The van der Waals surface area contributed by atoms with Gasteiger partial charge in [0.15, 0.2) is 0 Å². The van der Waals surface area contributed by atoms with E-state index in [0.29, 0.717) is 6.54 Å². The van der Waals surface area contributed by atoms with Gasteiger partial charge in [0.2, 0.25) is 0 Å². The van der Waals surface area contributed by atoms with Crippen LogP contribution < -0.4 is 0 Å². The van der Waals surface area contributed by atoms with Gasteiger partial charge in [0, 0.05) is 23.7 Å². The number of aromatic nitrogens is 1. The molecule has 0 aliphatic rings. The summed E-state index contributed by atoms with van der Waals surface area (Å²) in [5.41, 5.74) is 1.14. The fourth-order valence-electron chi connectivity index (χ4n) is 1.45. The Morgan fingerprint density at radius 2 is 2.38 bits per heavy atom. The van der Waals surface area contributed by atoms with E-state index >= 15 is 0 Å². The first-order valence-corrected chi connectivity index (χ1v) is 6.18. The molecule has 4 nitrogen and oxygen atoms in total. The Labute approximate surface area is 100 Å². The van der Waals surface area contributed by atoms with Gasteiger partial charge in [0.05, 0.1) is 6.54 Å². The average molecular weight is 242 g/mol. The van der Waals surface area contributed by atoms with Crippen molar-refractivity contribution in [2.45, 2.75) is 39.8 Å². The highest BCUT2D eigenvalue weighted by atomic mass is 32.1. The second-order valence-corrected chi connectivity index (χ2v) is 4.87. The van der Waals surface area contributed by atoms with Crippen molar-refractivity contribution in [2.75, 3.05) is 6.54 Å². The number of hydrogen-bond donors (Lipinski definition) is 1. The fraction of sp³-hybridized carbons (Fsp3) is 0.636. The van der Waals surface area contributed by atoms with Crippen LogP contribution in [0.4, 0.5) is 0 Å². The van der Waals surface area contributed by atoms with Gasteiger partial charge in [0.1, 0.15) is 0 Å². The molecule has 0 aliphatic heterocycles. The van der Waals surface area contributed by atoms with Crippen LogP contribution in [-0.4, -0.2) is 32.9 Å². The van der Waals surface area contributed by atoms with Crippen molar-refractivity contribution in [1.82, 2.24) is 9.27 Å². The van der Waals surface area contributed by atoms with Crippen LogP contribution in [0.3, 0.4) is 0 Å². The molecule has 5 heteroatoms. The van der Waals surface area contributed by atoms with Crippen LogP contribution in [0.15, 0.2) is 6.20 Å². The van der Waals surface area contributed by atoms with Crippen LogP contribution in [0.5, 0.6) is 0 Å². The van der Waals surface area contributed by atoms with E-state index in [1.54, 1.807) is 0 Å². The average Bonchev–Trinajstić information content (AvgIpc) is 2.61. The zero-order valence-electron chi connectivity index (χ0n) is 9.93. The predicted molar refractivity (Wildman–Crippen MR) is 64.6 cm³/mol. The highest BCUT2D eigenvalue weighted by molar-refractivity contribution is 7.05. The van der Waals surface area contributed by atoms with E-state index in [1.807, 2.05) is 18.0 Å². The van der Waals surface area contributed by atoms with Crippen molar-refractivity contribution in [3.05, 3.63) is 16.6 Å². The van der Waals surface area contributed by atoms with Crippen LogP contribution in [0, 0.1) is 6.92 Å². The van der Waals surface area contributed by atoms with Crippen LogP contribution >= 0.6 is 11.5 Å². The standard InChI is InChI=1S/C11H18N2O2S/c1-4-9(3)13(7-11(14)15)6-10-8(2)5-12-16-10/h5,9H,4,6-7H2,1-3H3,(H,14,15). The highest BCUT2D eigenvalue weighted by Crippen LogP contribution is 2.17. The van der Waals surface area contributed by atoms with Gasteiger partial charge in [-0.2, -0.15) is 0 Å². The molecular formula is C11H18N2O2S. The highest BCUT2D eigenvalue weighted by Gasteiger charge is 2.17. The minimum absolute atomic E-state index is 0.0896. The van der Waals surface area contributed by atoms with Crippen LogP contribution in [0.25, 0.3) is 0 Å². The van der Waals surface area contributed by atoms with E-state index < -0.39 is 5.97 Å². The molecule has 0 radical (unpaired) electrons. The first-order valence-electron chi connectivity index (χ1n) is 5.40. The topological polar surface area (TPSA) is 53.4 Å². The maximum absolute atomic E-state index is 10.8. The summed E-state index contributed by atoms with van der Waals surface area (Å²) in [6.45, 7) is 6.90. The molecule has 1 atom stereocenters. The zero-order chi connectivity index (χ0) is 12.1. The van der Waals surface area contributed by atoms with E-state index in [-0.39, 0.29) is 12.6 Å². The Bertz CT molecular complexity index is 352. The third-order valence-electron chi connectivity index (χ3n) is 2.75. The summed E-state index contributed by atoms with van der Waals surface area (Å²) in [5, 5.41) is 8.87. The summed E-state index contributed by atoms with van der Waals surface area (Å²) in [4.78, 5) is 13.9. The predicted octanol–water partition coefficient (Wildman–Crippen LogP) is 2.14. The van der Waals surface area contributed by atoms with Gasteiger partial charge in [-0.05, 0) is 37.4 Å². The molecule has 1 aromatic heterocycles. The molecule has 16 heavy (non-hydrogen) atoms. The Morgan fingerprint density at radius 3 is 2.81 bits per heavy atom. The first kappa shape index (κ1) is 13.1. The summed E-state index contributed by atoms with van der Waals surface area (Å²) >= 11 is 1.45. The lowest BCUT2D eigenvalue weighted by Crippen LogP contribution is -2.36. The molecule has 1 N–H and O–H groups in total. The minimum atomic E-state index is -0.775. The molecular weight excluding hydrogens is 224 g/mol. The molecule has 0 bridgehead atoms. The number of carboxylic acid groups (broad SMARTS) is 1. The maximum Gasteiger partial charge on any atom is 0.317 e. The SMILES string of the molecule is CCC(C)N(CC(=O)O)Cc1sncc1C. The number of aliphatic carboxylic acids is 1. The molecule has 1 heterocycles. The summed E-state index contributed by atoms with van der Waals surface area (Å²) in [7, 11) is 0. The Morgan fingerprint density at radius 1 is 1.69 bits per heavy atom. The smallest absolute Gasteiger partial charge is 0.317 e. The normalized spacial score (nSPS) is 13.0. The molecule has 1 unspecified atom stereocenters. The van der Waals surface area contributed by atoms with Gasteiger partial charge in [0.25, 0.3) is 0 Å². The van der Waals surface area contributed by atoms with E-state index in [0.717, 1.165) is 16.9 Å². The largest absolute Gasteiger partial charge is 0.480 e. The molecule has 1 aromatic rings. The second kappa shape index (κ2) is 5.96. The second-order valence-electron chi connectivity index (χ2n) is 3.99. The van der Waals surface area contributed by atoms with E-state index in [2.05, 4.69) is 18.2 Å². The van der Waals surface area contributed by atoms with Crippen molar-refractivity contribution >= 4 is 17.5 Å². The lowest BCUT2D eigenvalue weighted by atomic mass is 10.2. The number of hydrogen-bond acceptors (Lipinski definition) is 4. The van der Waals surface area contributed by atoms with Crippen molar-refractivity contribution in [3.63, 3.8) is 0 Å². The Kier molecular flexibility index (Phi) is 4.89. The molecule has 0 saturated carbocycles. The minimum Gasteiger partial charge on any atom is -0.480 e. The van der Waals surface area contributed by atoms with Gasteiger partial charge in [-0.25, -0.2) is 4.37 Å². The summed E-state index contributed by atoms with van der Waals surface area (Å²) < 4.78 is 4.11. The molecule has 0 saturated heterocycles. The lowest BCUT2D eigenvalue weighted by Gasteiger charge is -2.26. The van der Waals surface area contributed by atoms with Crippen LogP contribution in [-0.2, 0) is 11.3 Å². The zero-order valence-corrected chi connectivity index (χ0v) is 10.8. The summed E-state index contributed by atoms with van der Waals surface area (Å²) in [5.74, 6) is -0.775. The maximum atomic E-state index is 10.8. The molecule has 1 rings (SSSR count). The number of aryl methyl sites for hydroxylation is 1. The fourth-order valence-corrected chi connectivity index (χ4v) is 2.21. The van der Waals surface area contributed by atoms with Gasteiger partial charge in [-0.1, -0.05) is 6.92 Å². The van der Waals surface area contributed by atoms with Crippen LogP contribution in [0.2, 0.25) is 0 Å². The molecule has 90 valence electrons. The number of nitrogens with zero attached hydrogens (tertiary/aromatic N) is 2. The van der Waals surface area contributed by atoms with Crippen molar-refractivity contribution < 1.29 is 9.90 Å². The van der Waals surface area contributed by atoms with Crippen molar-refractivity contribution in [1.29, 1.82) is 0 Å². The third-order valence-corrected chi connectivity index (χ3v) is 3.63. The van der Waals surface area contributed by atoms with Crippen molar-refractivity contribution in [2.24, 2.45) is 0 Å². The molecule has 0 spiro atoms. The van der Waals surface area contributed by atoms with E-state index in [1.165, 1.54) is 11.5 Å². The number of carboxylic acids is 1.